The Balaban J connectivity index is 1.49. The molecule has 0 aromatic carbocycles. The van der Waals surface area contributed by atoms with E-state index in [-0.39, 0.29) is 11.6 Å². The second-order valence-corrected chi connectivity index (χ2v) is 8.47. The predicted molar refractivity (Wildman–Crippen MR) is 129 cm³/mol. The van der Waals surface area contributed by atoms with Crippen molar-refractivity contribution in [1.82, 2.24) is 25.2 Å². The van der Waals surface area contributed by atoms with Crippen LogP contribution in [-0.4, -0.2) is 84.8 Å². The molecule has 0 bridgehead atoms. The fraction of sp³-hybridized carbons (Fsp3) is 0.522. The molecule has 11 nitrogen and oxygen atoms in total. The molecule has 0 saturated carbocycles. The summed E-state index contributed by atoms with van der Waals surface area (Å²) in [5.41, 5.74) is 1.81. The van der Waals surface area contributed by atoms with Gasteiger partial charge in [0.2, 0.25) is 5.91 Å². The summed E-state index contributed by atoms with van der Waals surface area (Å²) in [5.74, 6) is 1.03. The molecular formula is C23H31N9O2. The summed E-state index contributed by atoms with van der Waals surface area (Å²) in [4.78, 5) is 29.9. The number of hydrogen-bond acceptors (Lipinski definition) is 10. The Morgan fingerprint density at radius 1 is 1.26 bits per heavy atom. The molecule has 2 fully saturated rings. The summed E-state index contributed by atoms with van der Waals surface area (Å²) in [6.07, 6.45) is 7.17. The number of nitriles is 1. The Labute approximate surface area is 199 Å². The maximum absolute atomic E-state index is 12.8. The van der Waals surface area contributed by atoms with Gasteiger partial charge in [-0.15, -0.1) is 0 Å². The number of rotatable bonds is 8. The van der Waals surface area contributed by atoms with Crippen LogP contribution in [0.3, 0.4) is 0 Å². The SMILES string of the molecule is CN(c1cc(Nc2cnc(C#N)cn2)ncc1NC(=O)CCN1CCOCC1)C1CCCNC1. The third kappa shape index (κ3) is 6.38. The topological polar surface area (TPSA) is 131 Å². The highest BCUT2D eigenvalue weighted by Gasteiger charge is 2.22. The molecule has 1 unspecified atom stereocenters. The first-order valence-electron chi connectivity index (χ1n) is 11.6. The molecule has 2 aliphatic rings. The van der Waals surface area contributed by atoms with E-state index in [2.05, 4.69) is 40.7 Å². The van der Waals surface area contributed by atoms with Gasteiger partial charge in [-0.05, 0) is 19.4 Å². The molecule has 1 atom stereocenters. The van der Waals surface area contributed by atoms with Crippen LogP contribution in [0.5, 0.6) is 0 Å². The molecule has 2 saturated heterocycles. The Kier molecular flexibility index (Phi) is 8.19. The van der Waals surface area contributed by atoms with Crippen molar-refractivity contribution in [3.05, 3.63) is 30.4 Å². The fourth-order valence-corrected chi connectivity index (χ4v) is 4.14. The quantitative estimate of drug-likeness (QED) is 0.525. The highest BCUT2D eigenvalue weighted by Crippen LogP contribution is 2.30. The van der Waals surface area contributed by atoms with Crippen LogP contribution < -0.4 is 20.9 Å². The Morgan fingerprint density at radius 2 is 2.09 bits per heavy atom. The molecule has 4 heterocycles. The van der Waals surface area contributed by atoms with Crippen LogP contribution >= 0.6 is 0 Å². The van der Waals surface area contributed by atoms with E-state index in [0.717, 1.165) is 44.7 Å². The lowest BCUT2D eigenvalue weighted by Gasteiger charge is -2.34. The summed E-state index contributed by atoms with van der Waals surface area (Å²) in [7, 11) is 2.04. The number of amides is 1. The summed E-state index contributed by atoms with van der Waals surface area (Å²) < 4.78 is 5.38. The maximum atomic E-state index is 12.8. The molecule has 34 heavy (non-hydrogen) atoms. The number of piperidine rings is 1. The Morgan fingerprint density at radius 3 is 2.79 bits per heavy atom. The van der Waals surface area contributed by atoms with Gasteiger partial charge < -0.3 is 25.6 Å². The number of nitrogens with zero attached hydrogens (tertiary/aromatic N) is 6. The van der Waals surface area contributed by atoms with Crippen molar-refractivity contribution < 1.29 is 9.53 Å². The highest BCUT2D eigenvalue weighted by atomic mass is 16.5. The van der Waals surface area contributed by atoms with Gasteiger partial charge in [0, 0.05) is 51.8 Å². The van der Waals surface area contributed by atoms with E-state index < -0.39 is 0 Å². The first-order chi connectivity index (χ1) is 16.6. The maximum Gasteiger partial charge on any atom is 0.225 e. The lowest BCUT2D eigenvalue weighted by Crippen LogP contribution is -2.44. The number of morpholine rings is 1. The smallest absolute Gasteiger partial charge is 0.225 e. The first kappa shape index (κ1) is 23.8. The highest BCUT2D eigenvalue weighted by molar-refractivity contribution is 5.94. The van der Waals surface area contributed by atoms with Gasteiger partial charge in [-0.1, -0.05) is 0 Å². The van der Waals surface area contributed by atoms with Crippen molar-refractivity contribution in [3.8, 4) is 6.07 Å². The molecule has 1 amide bonds. The molecule has 2 aromatic rings. The second-order valence-electron chi connectivity index (χ2n) is 8.47. The molecule has 2 aromatic heterocycles. The normalized spacial score (nSPS) is 18.6. The third-order valence-corrected chi connectivity index (χ3v) is 6.14. The molecule has 180 valence electrons. The van der Waals surface area contributed by atoms with Gasteiger partial charge >= 0.3 is 0 Å². The predicted octanol–water partition coefficient (Wildman–Crippen LogP) is 1.34. The Hall–Kier alpha value is -3.33. The molecule has 0 radical (unpaired) electrons. The summed E-state index contributed by atoms with van der Waals surface area (Å²) in [5, 5.41) is 18.6. The van der Waals surface area contributed by atoms with Gasteiger partial charge in [-0.25, -0.2) is 15.0 Å². The minimum atomic E-state index is -0.0385. The molecule has 11 heteroatoms. The fourth-order valence-electron chi connectivity index (χ4n) is 4.14. The number of likely N-dealkylation sites (N-methyl/N-ethyl adjacent to an activating group) is 1. The lowest BCUT2D eigenvalue weighted by molar-refractivity contribution is -0.116. The van der Waals surface area contributed by atoms with E-state index in [1.165, 1.54) is 12.4 Å². The number of carbonyl (C=O) groups is 1. The van der Waals surface area contributed by atoms with Gasteiger partial charge in [-0.3, -0.25) is 9.69 Å². The molecule has 3 N–H and O–H groups in total. The summed E-state index contributed by atoms with van der Waals surface area (Å²) in [6.45, 7) is 5.76. The van der Waals surface area contributed by atoms with E-state index in [1.807, 2.05) is 19.2 Å². The van der Waals surface area contributed by atoms with Gasteiger partial charge in [-0.2, -0.15) is 5.26 Å². The monoisotopic (exact) mass is 465 g/mol. The van der Waals surface area contributed by atoms with Crippen LogP contribution in [0.25, 0.3) is 0 Å². The number of nitrogens with one attached hydrogen (secondary N) is 3. The summed E-state index contributed by atoms with van der Waals surface area (Å²) in [6, 6.07) is 4.17. The minimum absolute atomic E-state index is 0.0385. The number of pyridine rings is 1. The van der Waals surface area contributed by atoms with Crippen molar-refractivity contribution in [2.45, 2.75) is 25.3 Å². The second kappa shape index (κ2) is 11.7. The molecule has 0 aliphatic carbocycles. The number of ether oxygens (including phenoxy) is 1. The van der Waals surface area contributed by atoms with Crippen LogP contribution in [0.1, 0.15) is 25.0 Å². The standard InChI is InChI=1S/C23H31N9O2/c1-31(18-3-2-5-25-14-18)20-11-21(30-22-16-26-17(12-24)13-27-22)28-15-19(20)29-23(33)4-6-32-7-9-34-10-8-32/h11,13,15-16,18,25H,2-10,14H2,1H3,(H,29,33)(H,27,28,30). The van der Waals surface area contributed by atoms with Crippen LogP contribution in [0.15, 0.2) is 24.7 Å². The number of hydrogen-bond donors (Lipinski definition) is 3. The van der Waals surface area contributed by atoms with E-state index in [0.29, 0.717) is 49.5 Å². The number of carbonyl (C=O) groups excluding carboxylic acids is 1. The van der Waals surface area contributed by atoms with E-state index in [9.17, 15) is 4.79 Å². The third-order valence-electron chi connectivity index (χ3n) is 6.14. The van der Waals surface area contributed by atoms with E-state index >= 15 is 0 Å². The zero-order chi connectivity index (χ0) is 23.8. The lowest BCUT2D eigenvalue weighted by atomic mass is 10.1. The number of anilines is 4. The average molecular weight is 466 g/mol. The molecule has 4 rings (SSSR count). The van der Waals surface area contributed by atoms with Crippen molar-refractivity contribution >= 4 is 28.9 Å². The summed E-state index contributed by atoms with van der Waals surface area (Å²) >= 11 is 0. The van der Waals surface area contributed by atoms with Crippen molar-refractivity contribution in [1.29, 1.82) is 5.26 Å². The zero-order valence-electron chi connectivity index (χ0n) is 19.5. The van der Waals surface area contributed by atoms with Gasteiger partial charge in [0.15, 0.2) is 5.69 Å². The molecular weight excluding hydrogens is 434 g/mol. The Bertz CT molecular complexity index is 996. The van der Waals surface area contributed by atoms with Crippen LogP contribution in [0.2, 0.25) is 0 Å². The van der Waals surface area contributed by atoms with Gasteiger partial charge in [0.1, 0.15) is 17.7 Å². The van der Waals surface area contributed by atoms with Crippen molar-refractivity contribution in [2.24, 2.45) is 0 Å². The van der Waals surface area contributed by atoms with Crippen LogP contribution in [-0.2, 0) is 9.53 Å². The van der Waals surface area contributed by atoms with Gasteiger partial charge in [0.05, 0.1) is 43.2 Å². The van der Waals surface area contributed by atoms with Crippen molar-refractivity contribution in [2.75, 3.05) is 68.5 Å². The first-order valence-corrected chi connectivity index (χ1v) is 11.6. The average Bonchev–Trinajstić information content (AvgIpc) is 2.89. The van der Waals surface area contributed by atoms with E-state index in [1.54, 1.807) is 6.20 Å². The van der Waals surface area contributed by atoms with Crippen molar-refractivity contribution in [3.63, 3.8) is 0 Å². The minimum Gasteiger partial charge on any atom is -0.379 e. The molecule has 2 aliphatic heterocycles. The molecule has 0 spiro atoms. The van der Waals surface area contributed by atoms with Crippen LogP contribution in [0.4, 0.5) is 23.0 Å². The van der Waals surface area contributed by atoms with Gasteiger partial charge in [0.25, 0.3) is 0 Å². The zero-order valence-corrected chi connectivity index (χ0v) is 19.5. The largest absolute Gasteiger partial charge is 0.379 e. The van der Waals surface area contributed by atoms with Crippen LogP contribution in [0, 0.1) is 11.3 Å². The number of aromatic nitrogens is 3. The van der Waals surface area contributed by atoms with E-state index in [4.69, 9.17) is 10.00 Å².